The molecular weight excluding hydrogens is 516 g/mol. The lowest BCUT2D eigenvalue weighted by atomic mass is 10.0. The summed E-state index contributed by atoms with van der Waals surface area (Å²) in [4.78, 5) is 24.0. The third kappa shape index (κ3) is 7.44. The fourth-order valence-corrected chi connectivity index (χ4v) is 3.72. The van der Waals surface area contributed by atoms with Crippen LogP contribution in [0.15, 0.2) is 54.6 Å². The maximum absolute atomic E-state index is 14.7. The predicted octanol–water partition coefficient (Wildman–Crippen LogP) is 6.68. The normalized spacial score (nSPS) is 11.2. The maximum Gasteiger partial charge on any atom is 0.347 e. The number of carboxylic acid groups (broad SMARTS) is 1. The van der Waals surface area contributed by atoms with E-state index < -0.39 is 29.0 Å². The second-order valence-corrected chi connectivity index (χ2v) is 9.66. The zero-order valence-electron chi connectivity index (χ0n) is 21.4. The molecule has 0 atom stereocenters. The molecule has 2 N–H and O–H groups in total. The molecule has 0 saturated heterocycles. The van der Waals surface area contributed by atoms with Gasteiger partial charge in [-0.25, -0.2) is 13.6 Å². The van der Waals surface area contributed by atoms with Crippen molar-refractivity contribution in [3.05, 3.63) is 82.4 Å². The molecule has 9 heteroatoms. The molecule has 0 aliphatic heterocycles. The molecule has 0 radical (unpaired) electrons. The molecule has 38 heavy (non-hydrogen) atoms. The lowest BCUT2D eigenvalue weighted by Gasteiger charge is -2.22. The molecule has 0 heterocycles. The summed E-state index contributed by atoms with van der Waals surface area (Å²) in [5.41, 5.74) is -0.0305. The van der Waals surface area contributed by atoms with Gasteiger partial charge >= 0.3 is 5.97 Å². The number of hydrogen-bond acceptors (Lipinski definition) is 4. The first-order valence-corrected chi connectivity index (χ1v) is 12.6. The van der Waals surface area contributed by atoms with E-state index >= 15 is 0 Å². The van der Waals surface area contributed by atoms with Gasteiger partial charge in [-0.3, -0.25) is 4.79 Å². The highest BCUT2D eigenvalue weighted by Crippen LogP contribution is 2.31. The number of hydrogen-bond donors (Lipinski definition) is 2. The topological polar surface area (TPSA) is 84.9 Å². The van der Waals surface area contributed by atoms with Crippen LogP contribution in [-0.4, -0.2) is 35.7 Å². The van der Waals surface area contributed by atoms with Gasteiger partial charge in [-0.05, 0) is 62.1 Å². The van der Waals surface area contributed by atoms with E-state index in [9.17, 15) is 18.4 Å². The molecule has 0 aliphatic rings. The van der Waals surface area contributed by atoms with Crippen LogP contribution in [0, 0.1) is 11.6 Å². The summed E-state index contributed by atoms with van der Waals surface area (Å²) in [6.07, 6.45) is 2.35. The van der Waals surface area contributed by atoms with Crippen molar-refractivity contribution in [3.8, 4) is 22.6 Å². The Labute approximate surface area is 225 Å². The summed E-state index contributed by atoms with van der Waals surface area (Å²) in [5, 5.41) is 12.4. The number of unbranched alkanes of at least 4 members (excludes halogenated alkanes) is 1. The Kier molecular flexibility index (Phi) is 9.69. The standard InChI is InChI=1S/C29H30ClF2NO5/c1-4-5-14-37-25-11-10-20(30)15-22(25)27(34)33-13-12-18-6-8-19(9-7-18)21-16-24(32)26(17-23(21)31)38-29(2,3)28(35)36/h6-11,15-17H,4-5,12-14H2,1-3H3,(H,33,34)(H,35,36). The van der Waals surface area contributed by atoms with Crippen LogP contribution in [0.25, 0.3) is 11.1 Å². The van der Waals surface area contributed by atoms with Crippen molar-refractivity contribution >= 4 is 23.5 Å². The summed E-state index contributed by atoms with van der Waals surface area (Å²) in [7, 11) is 0. The minimum Gasteiger partial charge on any atom is -0.493 e. The Morgan fingerprint density at radius 2 is 1.71 bits per heavy atom. The van der Waals surface area contributed by atoms with E-state index in [0.29, 0.717) is 41.5 Å². The molecule has 0 saturated carbocycles. The molecule has 202 valence electrons. The quantitative estimate of drug-likeness (QED) is 0.248. The Morgan fingerprint density at radius 1 is 1.00 bits per heavy atom. The molecule has 3 rings (SSSR count). The van der Waals surface area contributed by atoms with Crippen LogP contribution in [0.1, 0.15) is 49.5 Å². The van der Waals surface area contributed by atoms with Gasteiger partial charge in [-0.1, -0.05) is 49.2 Å². The first kappa shape index (κ1) is 28.9. The van der Waals surface area contributed by atoms with Crippen LogP contribution in [0.4, 0.5) is 8.78 Å². The predicted molar refractivity (Wildman–Crippen MR) is 142 cm³/mol. The average Bonchev–Trinajstić information content (AvgIpc) is 2.87. The Bertz CT molecular complexity index is 1290. The van der Waals surface area contributed by atoms with E-state index in [2.05, 4.69) is 12.2 Å². The highest BCUT2D eigenvalue weighted by molar-refractivity contribution is 6.31. The summed E-state index contributed by atoms with van der Waals surface area (Å²) in [6.45, 7) is 5.39. The number of benzene rings is 3. The van der Waals surface area contributed by atoms with Crippen molar-refractivity contribution < 1.29 is 33.0 Å². The highest BCUT2D eigenvalue weighted by Gasteiger charge is 2.31. The Hall–Kier alpha value is -3.65. The van der Waals surface area contributed by atoms with Crippen molar-refractivity contribution in [1.82, 2.24) is 5.32 Å². The third-order valence-corrected chi connectivity index (χ3v) is 6.04. The molecule has 1 amide bonds. The van der Waals surface area contributed by atoms with Crippen LogP contribution in [0.3, 0.4) is 0 Å². The molecule has 0 aliphatic carbocycles. The number of rotatable bonds is 12. The van der Waals surface area contributed by atoms with Gasteiger partial charge in [0.2, 0.25) is 0 Å². The summed E-state index contributed by atoms with van der Waals surface area (Å²) in [6, 6.07) is 13.6. The van der Waals surface area contributed by atoms with Crippen LogP contribution >= 0.6 is 11.6 Å². The highest BCUT2D eigenvalue weighted by atomic mass is 35.5. The van der Waals surface area contributed by atoms with Gasteiger partial charge in [-0.15, -0.1) is 0 Å². The van der Waals surface area contributed by atoms with Gasteiger partial charge in [0.1, 0.15) is 11.6 Å². The van der Waals surface area contributed by atoms with Gasteiger partial charge in [0.25, 0.3) is 5.91 Å². The van der Waals surface area contributed by atoms with Crippen LogP contribution in [-0.2, 0) is 11.2 Å². The van der Waals surface area contributed by atoms with Crippen molar-refractivity contribution in [2.24, 2.45) is 0 Å². The summed E-state index contributed by atoms with van der Waals surface area (Å²) in [5.74, 6) is -3.24. The molecule has 0 unspecified atom stereocenters. The van der Waals surface area contributed by atoms with E-state index in [1.165, 1.54) is 13.8 Å². The zero-order chi connectivity index (χ0) is 27.9. The van der Waals surface area contributed by atoms with Crippen molar-refractivity contribution in [2.45, 2.75) is 45.6 Å². The lowest BCUT2D eigenvalue weighted by molar-refractivity contribution is -0.152. The SMILES string of the molecule is CCCCOc1ccc(Cl)cc1C(=O)NCCc1ccc(-c2cc(F)c(OC(C)(C)C(=O)O)cc2F)cc1. The fraction of sp³-hybridized carbons (Fsp3) is 0.310. The van der Waals surface area contributed by atoms with E-state index in [-0.39, 0.29) is 11.5 Å². The molecule has 3 aromatic rings. The summed E-state index contributed by atoms with van der Waals surface area (Å²) < 4.78 is 40.2. The molecule has 0 fully saturated rings. The second kappa shape index (κ2) is 12.7. The number of carbonyl (C=O) groups is 2. The molecular formula is C29H30ClF2NO5. The first-order valence-electron chi connectivity index (χ1n) is 12.2. The van der Waals surface area contributed by atoms with Crippen molar-refractivity contribution in [2.75, 3.05) is 13.2 Å². The smallest absolute Gasteiger partial charge is 0.347 e. The van der Waals surface area contributed by atoms with Gasteiger partial charge in [0.05, 0.1) is 12.2 Å². The fourth-order valence-electron chi connectivity index (χ4n) is 3.55. The van der Waals surface area contributed by atoms with Gasteiger partial charge < -0.3 is 19.9 Å². The van der Waals surface area contributed by atoms with E-state index in [1.807, 2.05) is 0 Å². The van der Waals surface area contributed by atoms with E-state index in [0.717, 1.165) is 30.5 Å². The number of aliphatic carboxylic acids is 1. The second-order valence-electron chi connectivity index (χ2n) is 9.23. The minimum atomic E-state index is -1.72. The van der Waals surface area contributed by atoms with Crippen molar-refractivity contribution in [3.63, 3.8) is 0 Å². The minimum absolute atomic E-state index is 0.0133. The number of amides is 1. The Balaban J connectivity index is 1.63. The largest absolute Gasteiger partial charge is 0.493 e. The zero-order valence-corrected chi connectivity index (χ0v) is 22.2. The third-order valence-electron chi connectivity index (χ3n) is 5.81. The number of carbonyl (C=O) groups excluding carboxylic acids is 1. The number of nitrogens with one attached hydrogen (secondary N) is 1. The van der Waals surface area contributed by atoms with Crippen LogP contribution in [0.5, 0.6) is 11.5 Å². The van der Waals surface area contributed by atoms with E-state index in [1.54, 1.807) is 42.5 Å². The van der Waals surface area contributed by atoms with Gasteiger partial charge in [0.15, 0.2) is 17.2 Å². The molecule has 0 spiro atoms. The number of carboxylic acids is 1. The Morgan fingerprint density at radius 3 is 2.37 bits per heavy atom. The van der Waals surface area contributed by atoms with Crippen LogP contribution in [0.2, 0.25) is 5.02 Å². The van der Waals surface area contributed by atoms with E-state index in [4.69, 9.17) is 26.2 Å². The van der Waals surface area contributed by atoms with Gasteiger partial charge in [0, 0.05) is 23.2 Å². The summed E-state index contributed by atoms with van der Waals surface area (Å²) >= 11 is 6.07. The molecule has 0 aromatic heterocycles. The first-order chi connectivity index (χ1) is 18.0. The molecule has 0 bridgehead atoms. The average molecular weight is 546 g/mol. The lowest BCUT2D eigenvalue weighted by Crippen LogP contribution is -2.38. The van der Waals surface area contributed by atoms with Gasteiger partial charge in [-0.2, -0.15) is 0 Å². The maximum atomic E-state index is 14.7. The molecule has 6 nitrogen and oxygen atoms in total. The number of halogens is 3. The number of ether oxygens (including phenoxy) is 2. The van der Waals surface area contributed by atoms with Crippen molar-refractivity contribution in [1.29, 1.82) is 0 Å². The monoisotopic (exact) mass is 545 g/mol. The molecule has 3 aromatic carbocycles. The van der Waals surface area contributed by atoms with Crippen LogP contribution < -0.4 is 14.8 Å².